The predicted molar refractivity (Wildman–Crippen MR) is 98.4 cm³/mol. The Bertz CT molecular complexity index is 602. The molecule has 2 rings (SSSR count). The molecule has 23 heavy (non-hydrogen) atoms. The van der Waals surface area contributed by atoms with Crippen LogP contribution in [0, 0.1) is 0 Å². The highest BCUT2D eigenvalue weighted by atomic mass is 127. The Labute approximate surface area is 152 Å². The Balaban J connectivity index is 0.00000264. The summed E-state index contributed by atoms with van der Waals surface area (Å²) >= 11 is 0. The first-order valence-electron chi connectivity index (χ1n) is 6.91. The molecular formula is C15H20IN5O2. The van der Waals surface area contributed by atoms with E-state index in [0.717, 1.165) is 5.69 Å². The number of rotatable bonds is 6. The number of aliphatic imine (C=N–C) groups is 1. The molecule has 0 atom stereocenters. The molecule has 7 nitrogen and oxygen atoms in total. The third-order valence-electron chi connectivity index (χ3n) is 2.84. The highest BCUT2D eigenvalue weighted by Gasteiger charge is 2.04. The molecule has 0 saturated carbocycles. The number of aromatic nitrogens is 1. The fourth-order valence-electron chi connectivity index (χ4n) is 1.72. The molecule has 0 aromatic carbocycles. The lowest BCUT2D eigenvalue weighted by Gasteiger charge is -2.11. The molecule has 0 spiro atoms. The van der Waals surface area contributed by atoms with Gasteiger partial charge in [-0.05, 0) is 24.3 Å². The van der Waals surface area contributed by atoms with Gasteiger partial charge in [0.25, 0.3) is 0 Å². The Kier molecular flexibility index (Phi) is 8.73. The van der Waals surface area contributed by atoms with Crippen LogP contribution in [0.1, 0.15) is 11.5 Å². The van der Waals surface area contributed by atoms with Crippen molar-refractivity contribution < 1.29 is 9.21 Å². The monoisotopic (exact) mass is 429 g/mol. The lowest BCUT2D eigenvalue weighted by Crippen LogP contribution is -2.42. The summed E-state index contributed by atoms with van der Waals surface area (Å²) in [4.78, 5) is 20.0. The first-order valence-corrected chi connectivity index (χ1v) is 6.91. The minimum Gasteiger partial charge on any atom is -0.467 e. The van der Waals surface area contributed by atoms with Gasteiger partial charge < -0.3 is 20.4 Å². The number of halogens is 1. The van der Waals surface area contributed by atoms with Crippen LogP contribution in [-0.4, -0.2) is 30.4 Å². The fourth-order valence-corrected chi connectivity index (χ4v) is 1.72. The molecule has 2 aromatic rings. The summed E-state index contributed by atoms with van der Waals surface area (Å²) in [7, 11) is 1.65. The van der Waals surface area contributed by atoms with E-state index in [1.807, 2.05) is 18.2 Å². The average molecular weight is 429 g/mol. The van der Waals surface area contributed by atoms with Gasteiger partial charge in [0.05, 0.1) is 31.6 Å². The van der Waals surface area contributed by atoms with Crippen molar-refractivity contribution in [1.29, 1.82) is 0 Å². The Morgan fingerprint density at radius 3 is 2.70 bits per heavy atom. The zero-order valence-corrected chi connectivity index (χ0v) is 15.1. The molecule has 1 amide bonds. The van der Waals surface area contributed by atoms with E-state index in [4.69, 9.17) is 4.42 Å². The maximum atomic E-state index is 11.7. The van der Waals surface area contributed by atoms with Crippen molar-refractivity contribution in [2.75, 3.05) is 13.6 Å². The van der Waals surface area contributed by atoms with Crippen LogP contribution in [0.3, 0.4) is 0 Å². The number of hydrogen-bond donors (Lipinski definition) is 3. The third kappa shape index (κ3) is 7.13. The molecule has 2 aromatic heterocycles. The number of guanidine groups is 1. The van der Waals surface area contributed by atoms with Gasteiger partial charge in [-0.2, -0.15) is 0 Å². The molecule has 2 heterocycles. The van der Waals surface area contributed by atoms with E-state index in [9.17, 15) is 4.79 Å². The Morgan fingerprint density at radius 2 is 2.04 bits per heavy atom. The third-order valence-corrected chi connectivity index (χ3v) is 2.84. The molecule has 0 radical (unpaired) electrons. The van der Waals surface area contributed by atoms with Gasteiger partial charge in [0.15, 0.2) is 5.96 Å². The van der Waals surface area contributed by atoms with Gasteiger partial charge in [-0.25, -0.2) is 0 Å². The predicted octanol–water partition coefficient (Wildman–Crippen LogP) is 1.27. The molecule has 8 heteroatoms. The number of nitrogens with one attached hydrogen (secondary N) is 3. The second-order valence-electron chi connectivity index (χ2n) is 4.46. The quantitative estimate of drug-likeness (QED) is 0.366. The highest BCUT2D eigenvalue weighted by molar-refractivity contribution is 14.0. The van der Waals surface area contributed by atoms with E-state index >= 15 is 0 Å². The van der Waals surface area contributed by atoms with Crippen LogP contribution in [0.5, 0.6) is 0 Å². The molecule has 0 aliphatic carbocycles. The second-order valence-corrected chi connectivity index (χ2v) is 4.46. The molecule has 0 saturated heterocycles. The van der Waals surface area contributed by atoms with Crippen LogP contribution in [-0.2, 0) is 17.9 Å². The molecule has 0 fully saturated rings. The van der Waals surface area contributed by atoms with Gasteiger partial charge in [0.2, 0.25) is 5.91 Å². The Hall–Kier alpha value is -2.10. The van der Waals surface area contributed by atoms with E-state index in [2.05, 4.69) is 25.9 Å². The SMILES string of the molecule is CN=C(NCC(=O)NCc1ccco1)NCc1ccccn1.I. The number of pyridine rings is 1. The van der Waals surface area contributed by atoms with Crippen LogP contribution in [0.15, 0.2) is 52.2 Å². The summed E-state index contributed by atoms with van der Waals surface area (Å²) in [6.07, 6.45) is 3.30. The molecule has 0 aliphatic rings. The molecule has 0 bridgehead atoms. The summed E-state index contributed by atoms with van der Waals surface area (Å²) in [5, 5.41) is 8.77. The zero-order valence-electron chi connectivity index (χ0n) is 12.8. The second kappa shape index (κ2) is 10.6. The maximum absolute atomic E-state index is 11.7. The van der Waals surface area contributed by atoms with E-state index in [1.165, 1.54) is 0 Å². The van der Waals surface area contributed by atoms with Gasteiger partial charge in [0.1, 0.15) is 5.76 Å². The normalized spacial score (nSPS) is 10.6. The first-order chi connectivity index (χ1) is 10.8. The molecule has 3 N–H and O–H groups in total. The minimum atomic E-state index is -0.141. The lowest BCUT2D eigenvalue weighted by molar-refractivity contribution is -0.120. The average Bonchev–Trinajstić information content (AvgIpc) is 3.07. The largest absolute Gasteiger partial charge is 0.467 e. The van der Waals surface area contributed by atoms with Crippen LogP contribution in [0.25, 0.3) is 0 Å². The Morgan fingerprint density at radius 1 is 1.17 bits per heavy atom. The van der Waals surface area contributed by atoms with E-state index < -0.39 is 0 Å². The van der Waals surface area contributed by atoms with E-state index in [-0.39, 0.29) is 36.4 Å². The van der Waals surface area contributed by atoms with Crippen LogP contribution in [0.2, 0.25) is 0 Å². The van der Waals surface area contributed by atoms with Gasteiger partial charge in [-0.1, -0.05) is 6.07 Å². The van der Waals surface area contributed by atoms with Crippen LogP contribution < -0.4 is 16.0 Å². The minimum absolute atomic E-state index is 0. The topological polar surface area (TPSA) is 91.5 Å². The first kappa shape index (κ1) is 18.9. The summed E-state index contributed by atoms with van der Waals surface area (Å²) in [5.41, 5.74) is 0.896. The number of carbonyl (C=O) groups excluding carboxylic acids is 1. The van der Waals surface area contributed by atoms with Gasteiger partial charge in [0, 0.05) is 13.2 Å². The summed E-state index contributed by atoms with van der Waals surface area (Å²) in [6, 6.07) is 9.28. The highest BCUT2D eigenvalue weighted by Crippen LogP contribution is 1.98. The maximum Gasteiger partial charge on any atom is 0.239 e. The van der Waals surface area contributed by atoms with E-state index in [1.54, 1.807) is 31.6 Å². The summed E-state index contributed by atoms with van der Waals surface area (Å²) in [6.45, 7) is 1.03. The van der Waals surface area contributed by atoms with Crippen molar-refractivity contribution >= 4 is 35.8 Å². The van der Waals surface area contributed by atoms with Crippen LogP contribution in [0.4, 0.5) is 0 Å². The number of amides is 1. The van der Waals surface area contributed by atoms with Crippen molar-refractivity contribution in [1.82, 2.24) is 20.9 Å². The number of hydrogen-bond acceptors (Lipinski definition) is 4. The summed E-state index contributed by atoms with van der Waals surface area (Å²) < 4.78 is 5.14. The zero-order chi connectivity index (χ0) is 15.6. The van der Waals surface area contributed by atoms with E-state index in [0.29, 0.717) is 24.8 Å². The van der Waals surface area contributed by atoms with Crippen LogP contribution >= 0.6 is 24.0 Å². The standard InChI is InChI=1S/C15H19N5O2.HI/c1-16-15(19-9-12-5-2-3-7-17-12)20-11-14(21)18-10-13-6-4-8-22-13;/h2-8H,9-11H2,1H3,(H,18,21)(H2,16,19,20);1H. The van der Waals surface area contributed by atoms with Crippen molar-refractivity contribution in [2.45, 2.75) is 13.1 Å². The lowest BCUT2D eigenvalue weighted by atomic mass is 10.3. The molecule has 0 aliphatic heterocycles. The summed E-state index contributed by atoms with van der Waals surface area (Å²) in [5.74, 6) is 1.11. The van der Waals surface area contributed by atoms with Crippen molar-refractivity contribution in [3.8, 4) is 0 Å². The number of furan rings is 1. The van der Waals surface area contributed by atoms with Crippen molar-refractivity contribution in [2.24, 2.45) is 4.99 Å². The van der Waals surface area contributed by atoms with Crippen molar-refractivity contribution in [3.05, 3.63) is 54.2 Å². The van der Waals surface area contributed by atoms with Crippen molar-refractivity contribution in [3.63, 3.8) is 0 Å². The van der Waals surface area contributed by atoms with Gasteiger partial charge in [-0.3, -0.25) is 14.8 Å². The smallest absolute Gasteiger partial charge is 0.239 e. The fraction of sp³-hybridized carbons (Fsp3) is 0.267. The number of carbonyl (C=O) groups is 1. The number of nitrogens with zero attached hydrogens (tertiary/aromatic N) is 2. The van der Waals surface area contributed by atoms with Gasteiger partial charge in [-0.15, -0.1) is 24.0 Å². The molecular weight excluding hydrogens is 409 g/mol. The molecule has 0 unspecified atom stereocenters. The van der Waals surface area contributed by atoms with Gasteiger partial charge >= 0.3 is 0 Å². The molecule has 124 valence electrons.